The predicted octanol–water partition coefficient (Wildman–Crippen LogP) is 5.07. The molecule has 0 aliphatic rings. The van der Waals surface area contributed by atoms with Crippen LogP contribution in [0.2, 0.25) is 5.02 Å². The van der Waals surface area contributed by atoms with Gasteiger partial charge in [0, 0.05) is 6.04 Å². The van der Waals surface area contributed by atoms with Crippen molar-refractivity contribution in [1.29, 1.82) is 0 Å². The minimum absolute atomic E-state index is 0.208. The number of rotatable bonds is 6. The molecule has 0 saturated carbocycles. The summed E-state index contributed by atoms with van der Waals surface area (Å²) in [6, 6.07) is 5.50. The SMILES string of the molecule is CNC(Cc1cccc(Cl)c1F)CC(C)CC(C)(C)C. The van der Waals surface area contributed by atoms with Crippen LogP contribution in [0.3, 0.4) is 0 Å². The molecule has 1 nitrogen and oxygen atoms in total. The summed E-state index contributed by atoms with van der Waals surface area (Å²) in [6.07, 6.45) is 2.89. The summed E-state index contributed by atoms with van der Waals surface area (Å²) in [5, 5.41) is 3.51. The maximum absolute atomic E-state index is 13.9. The van der Waals surface area contributed by atoms with Gasteiger partial charge in [-0.05, 0) is 49.3 Å². The third kappa shape index (κ3) is 5.80. The van der Waals surface area contributed by atoms with Crippen molar-refractivity contribution in [3.63, 3.8) is 0 Å². The molecule has 0 heterocycles. The van der Waals surface area contributed by atoms with Crippen LogP contribution in [0.15, 0.2) is 18.2 Å². The second-order valence-electron chi connectivity index (χ2n) is 7.01. The van der Waals surface area contributed by atoms with Gasteiger partial charge in [-0.2, -0.15) is 0 Å². The molecule has 1 aromatic carbocycles. The van der Waals surface area contributed by atoms with E-state index in [1.807, 2.05) is 19.2 Å². The van der Waals surface area contributed by atoms with E-state index in [1.165, 1.54) is 6.42 Å². The molecular weight excluding hydrogens is 273 g/mol. The van der Waals surface area contributed by atoms with Gasteiger partial charge in [0.25, 0.3) is 0 Å². The largest absolute Gasteiger partial charge is 0.317 e. The van der Waals surface area contributed by atoms with Gasteiger partial charge in [0.1, 0.15) is 5.82 Å². The van der Waals surface area contributed by atoms with Gasteiger partial charge in [-0.1, -0.05) is 51.4 Å². The quantitative estimate of drug-likeness (QED) is 0.773. The number of hydrogen-bond donors (Lipinski definition) is 1. The summed E-state index contributed by atoms with van der Waals surface area (Å²) >= 11 is 5.84. The van der Waals surface area contributed by atoms with Gasteiger partial charge in [-0.3, -0.25) is 0 Å². The van der Waals surface area contributed by atoms with Gasteiger partial charge >= 0.3 is 0 Å². The van der Waals surface area contributed by atoms with E-state index in [9.17, 15) is 4.39 Å². The normalized spacial score (nSPS) is 15.2. The van der Waals surface area contributed by atoms with Crippen LogP contribution in [0.5, 0.6) is 0 Å². The van der Waals surface area contributed by atoms with E-state index in [2.05, 4.69) is 33.0 Å². The molecule has 2 unspecified atom stereocenters. The van der Waals surface area contributed by atoms with Crippen LogP contribution in [0, 0.1) is 17.2 Å². The van der Waals surface area contributed by atoms with E-state index >= 15 is 0 Å². The standard InChI is InChI=1S/C17H27ClFN/c1-12(11-17(2,3)4)9-14(20-5)10-13-7-6-8-15(18)16(13)19/h6-8,12,14,20H,9-11H2,1-5H3. The van der Waals surface area contributed by atoms with E-state index in [4.69, 9.17) is 11.6 Å². The zero-order chi connectivity index (χ0) is 15.3. The van der Waals surface area contributed by atoms with Gasteiger partial charge in [0.15, 0.2) is 0 Å². The maximum atomic E-state index is 13.9. The Morgan fingerprint density at radius 2 is 1.95 bits per heavy atom. The van der Waals surface area contributed by atoms with Crippen LogP contribution < -0.4 is 5.32 Å². The second kappa shape index (κ2) is 7.42. The Balaban J connectivity index is 2.65. The summed E-state index contributed by atoms with van der Waals surface area (Å²) < 4.78 is 13.9. The van der Waals surface area contributed by atoms with Crippen LogP contribution in [0.1, 0.15) is 46.1 Å². The first-order chi connectivity index (χ1) is 9.23. The topological polar surface area (TPSA) is 12.0 Å². The first-order valence-electron chi connectivity index (χ1n) is 7.33. The van der Waals surface area contributed by atoms with Crippen LogP contribution in [0.4, 0.5) is 4.39 Å². The second-order valence-corrected chi connectivity index (χ2v) is 7.42. The lowest BCUT2D eigenvalue weighted by atomic mass is 9.82. The zero-order valence-corrected chi connectivity index (χ0v) is 14.0. The molecule has 0 spiro atoms. The van der Waals surface area contributed by atoms with Gasteiger partial charge in [0.05, 0.1) is 5.02 Å². The minimum Gasteiger partial charge on any atom is -0.317 e. The van der Waals surface area contributed by atoms with E-state index < -0.39 is 0 Å². The number of likely N-dealkylation sites (N-methyl/N-ethyl adjacent to an activating group) is 1. The molecular formula is C17H27ClFN. The highest BCUT2D eigenvalue weighted by Gasteiger charge is 2.19. The average Bonchev–Trinajstić information content (AvgIpc) is 2.31. The fraction of sp³-hybridized carbons (Fsp3) is 0.647. The molecule has 0 aliphatic carbocycles. The Hall–Kier alpha value is -0.600. The Labute approximate surface area is 127 Å². The monoisotopic (exact) mass is 299 g/mol. The molecule has 3 heteroatoms. The predicted molar refractivity (Wildman–Crippen MR) is 85.8 cm³/mol. The highest BCUT2D eigenvalue weighted by molar-refractivity contribution is 6.30. The first kappa shape index (κ1) is 17.5. The molecule has 0 aromatic heterocycles. The Kier molecular flexibility index (Phi) is 6.47. The Bertz CT molecular complexity index is 425. The Morgan fingerprint density at radius 3 is 2.50 bits per heavy atom. The third-order valence-corrected chi connectivity index (χ3v) is 3.85. The lowest BCUT2D eigenvalue weighted by molar-refractivity contribution is 0.277. The third-order valence-electron chi connectivity index (χ3n) is 3.55. The van der Waals surface area contributed by atoms with Gasteiger partial charge in [-0.25, -0.2) is 4.39 Å². The van der Waals surface area contributed by atoms with Crippen LogP contribution in [0.25, 0.3) is 0 Å². The molecule has 1 aromatic rings. The molecule has 2 atom stereocenters. The summed E-state index contributed by atoms with van der Waals surface area (Å²) in [4.78, 5) is 0. The van der Waals surface area contributed by atoms with E-state index in [1.54, 1.807) is 6.07 Å². The van der Waals surface area contributed by atoms with Crippen molar-refractivity contribution in [2.24, 2.45) is 11.3 Å². The summed E-state index contributed by atoms with van der Waals surface area (Å²) in [7, 11) is 1.94. The van der Waals surface area contributed by atoms with E-state index in [0.717, 1.165) is 6.42 Å². The number of nitrogens with one attached hydrogen (secondary N) is 1. The van der Waals surface area contributed by atoms with Crippen molar-refractivity contribution in [3.8, 4) is 0 Å². The minimum atomic E-state index is -0.280. The van der Waals surface area contributed by atoms with Crippen LogP contribution in [-0.4, -0.2) is 13.1 Å². The number of hydrogen-bond acceptors (Lipinski definition) is 1. The number of benzene rings is 1. The molecule has 0 amide bonds. The van der Waals surface area contributed by atoms with Crippen molar-refractivity contribution < 1.29 is 4.39 Å². The van der Waals surface area contributed by atoms with Crippen molar-refractivity contribution in [2.45, 2.75) is 53.0 Å². The van der Waals surface area contributed by atoms with Crippen molar-refractivity contribution in [2.75, 3.05) is 7.05 Å². The molecule has 0 aliphatic heterocycles. The first-order valence-corrected chi connectivity index (χ1v) is 7.71. The number of halogens is 2. The van der Waals surface area contributed by atoms with Crippen molar-refractivity contribution >= 4 is 11.6 Å². The molecule has 1 rings (SSSR count). The lowest BCUT2D eigenvalue weighted by Gasteiger charge is -2.26. The van der Waals surface area contributed by atoms with E-state index in [-0.39, 0.29) is 16.9 Å². The summed E-state index contributed by atoms with van der Waals surface area (Å²) in [6.45, 7) is 9.04. The van der Waals surface area contributed by atoms with Crippen molar-refractivity contribution in [3.05, 3.63) is 34.6 Å². The highest BCUT2D eigenvalue weighted by Crippen LogP contribution is 2.28. The molecule has 0 saturated heterocycles. The molecule has 0 bridgehead atoms. The fourth-order valence-corrected chi connectivity index (χ4v) is 3.08. The molecule has 114 valence electrons. The fourth-order valence-electron chi connectivity index (χ4n) is 2.89. The Morgan fingerprint density at radius 1 is 1.30 bits per heavy atom. The van der Waals surface area contributed by atoms with Crippen LogP contribution in [-0.2, 0) is 6.42 Å². The maximum Gasteiger partial charge on any atom is 0.145 e. The summed E-state index contributed by atoms with van der Waals surface area (Å²) in [5.74, 6) is 0.326. The zero-order valence-electron chi connectivity index (χ0n) is 13.3. The summed E-state index contributed by atoms with van der Waals surface area (Å²) in [5.41, 5.74) is 1.03. The molecule has 0 fully saturated rings. The lowest BCUT2D eigenvalue weighted by Crippen LogP contribution is -2.30. The molecule has 20 heavy (non-hydrogen) atoms. The van der Waals surface area contributed by atoms with Gasteiger partial charge in [-0.15, -0.1) is 0 Å². The smallest absolute Gasteiger partial charge is 0.145 e. The van der Waals surface area contributed by atoms with Crippen LogP contribution >= 0.6 is 11.6 Å². The highest BCUT2D eigenvalue weighted by atomic mass is 35.5. The van der Waals surface area contributed by atoms with Gasteiger partial charge in [0.2, 0.25) is 0 Å². The van der Waals surface area contributed by atoms with Gasteiger partial charge < -0.3 is 5.32 Å². The average molecular weight is 300 g/mol. The van der Waals surface area contributed by atoms with Crippen molar-refractivity contribution in [1.82, 2.24) is 5.32 Å². The molecule has 0 radical (unpaired) electrons. The molecule has 1 N–H and O–H groups in total. The van der Waals surface area contributed by atoms with E-state index in [0.29, 0.717) is 23.3 Å².